The molecule has 1 aromatic heterocycles. The molecule has 0 bridgehead atoms. The number of fused-ring (bicyclic) bond motifs is 1. The Bertz CT molecular complexity index is 572. The first-order valence-electron chi connectivity index (χ1n) is 6.62. The van der Waals surface area contributed by atoms with Crippen LogP contribution in [0.4, 0.5) is 13.2 Å². The van der Waals surface area contributed by atoms with Crippen molar-refractivity contribution in [3.05, 3.63) is 34.7 Å². The molecule has 0 saturated carbocycles. The number of hydrogen-bond acceptors (Lipinski definition) is 0. The van der Waals surface area contributed by atoms with Crippen molar-refractivity contribution in [1.82, 2.24) is 0 Å². The van der Waals surface area contributed by atoms with Crippen LogP contribution in [0.3, 0.4) is 0 Å². The van der Waals surface area contributed by atoms with Gasteiger partial charge in [0.25, 0.3) is 0 Å². The summed E-state index contributed by atoms with van der Waals surface area (Å²) in [4.78, 5) is 0.553. The smallest absolute Gasteiger partial charge is 0.600 e. The number of unbranched alkanes of at least 4 members (excludes halogenated alkanes) is 1. The fourth-order valence-electron chi connectivity index (χ4n) is 2.27. The van der Waals surface area contributed by atoms with Crippen molar-refractivity contribution in [2.24, 2.45) is 0 Å². The first-order valence-corrected chi connectivity index (χ1v) is 7.84. The average Bonchev–Trinajstić information content (AvgIpc) is 2.72. The van der Waals surface area contributed by atoms with Crippen LogP contribution in [0.5, 0.6) is 0 Å². The normalized spacial score (nSPS) is 12.6. The Morgan fingerprint density at radius 1 is 1.10 bits per heavy atom. The third-order valence-electron chi connectivity index (χ3n) is 3.29. The Morgan fingerprint density at radius 3 is 2.35 bits per heavy atom. The van der Waals surface area contributed by atoms with Gasteiger partial charge in [-0.2, -0.15) is 0 Å². The fourth-order valence-corrected chi connectivity index (χ4v) is 4.32. The number of thiophene rings is 1. The molecule has 2 rings (SSSR count). The van der Waals surface area contributed by atoms with Gasteiger partial charge in [0.15, 0.2) is 9.58 Å². The van der Waals surface area contributed by atoms with Crippen LogP contribution >= 0.6 is 10.5 Å². The lowest BCUT2D eigenvalue weighted by Gasteiger charge is -2.00. The van der Waals surface area contributed by atoms with Gasteiger partial charge in [-0.25, -0.2) is 0 Å². The molecule has 0 aliphatic rings. The van der Waals surface area contributed by atoms with Crippen molar-refractivity contribution in [3.8, 4) is 0 Å². The van der Waals surface area contributed by atoms with Crippen LogP contribution in [0, 0.1) is 0 Å². The molecule has 0 aliphatic carbocycles. The topological polar surface area (TPSA) is 0 Å². The molecule has 0 N–H and O–H groups in total. The molecule has 0 spiro atoms. The summed E-state index contributed by atoms with van der Waals surface area (Å²) < 4.78 is 40.4. The minimum Gasteiger partial charge on any atom is -1.00 e. The molecule has 0 amide bonds. The van der Waals surface area contributed by atoms with Crippen LogP contribution in [0.25, 0.3) is 10.1 Å². The van der Waals surface area contributed by atoms with E-state index in [1.165, 1.54) is 0 Å². The van der Waals surface area contributed by atoms with Crippen molar-refractivity contribution in [3.63, 3.8) is 0 Å². The van der Waals surface area contributed by atoms with Gasteiger partial charge in [0.05, 0.1) is 10.5 Å². The monoisotopic (exact) mass is 322 g/mol. The SMILES string of the molecule is CCCCc1cc2ccc(CC)cc2[s+]1C(F)(F)F.[Cl-]. The highest BCUT2D eigenvalue weighted by Gasteiger charge is 2.47. The highest BCUT2D eigenvalue weighted by atomic mass is 35.5. The number of aryl methyl sites for hydroxylation is 2. The maximum Gasteiger partial charge on any atom is 0.600 e. The van der Waals surface area contributed by atoms with Gasteiger partial charge < -0.3 is 12.4 Å². The number of benzene rings is 1. The van der Waals surface area contributed by atoms with E-state index in [1.54, 1.807) is 12.1 Å². The summed E-state index contributed by atoms with van der Waals surface area (Å²) in [6, 6.07) is 7.25. The molecule has 112 valence electrons. The van der Waals surface area contributed by atoms with E-state index in [4.69, 9.17) is 0 Å². The zero-order valence-electron chi connectivity index (χ0n) is 11.6. The third kappa shape index (κ3) is 3.47. The first kappa shape index (κ1) is 17.3. The average molecular weight is 323 g/mol. The quantitative estimate of drug-likeness (QED) is 0.759. The van der Waals surface area contributed by atoms with E-state index in [1.807, 2.05) is 26.0 Å². The molecule has 1 heterocycles. The lowest BCUT2D eigenvalue weighted by molar-refractivity contribution is -0.0867. The summed E-state index contributed by atoms with van der Waals surface area (Å²) in [5, 5.41) is 0.754. The molecule has 0 fully saturated rings. The van der Waals surface area contributed by atoms with Crippen LogP contribution in [0.15, 0.2) is 24.3 Å². The second-order valence-electron chi connectivity index (χ2n) is 4.69. The predicted molar refractivity (Wildman–Crippen MR) is 75.7 cm³/mol. The van der Waals surface area contributed by atoms with Gasteiger partial charge in [-0.1, -0.05) is 26.3 Å². The van der Waals surface area contributed by atoms with E-state index in [0.717, 1.165) is 30.2 Å². The van der Waals surface area contributed by atoms with Crippen LogP contribution in [0.1, 0.15) is 37.1 Å². The second kappa shape index (κ2) is 6.81. The molecule has 0 radical (unpaired) electrons. The number of alkyl halides is 3. The minimum atomic E-state index is -4.16. The van der Waals surface area contributed by atoms with Crippen LogP contribution in [-0.4, -0.2) is 0 Å². The van der Waals surface area contributed by atoms with E-state index < -0.39 is 16.0 Å². The second-order valence-corrected chi connectivity index (χ2v) is 6.73. The van der Waals surface area contributed by atoms with Crippen molar-refractivity contribution >= 4 is 20.6 Å². The lowest BCUT2D eigenvalue weighted by atomic mass is 10.1. The molecule has 0 aliphatic heterocycles. The highest BCUT2D eigenvalue weighted by molar-refractivity contribution is 7.38. The van der Waals surface area contributed by atoms with E-state index in [9.17, 15) is 13.2 Å². The zero-order chi connectivity index (χ0) is 14.0. The summed E-state index contributed by atoms with van der Waals surface area (Å²) in [5.41, 5.74) is -3.18. The van der Waals surface area contributed by atoms with Crippen molar-refractivity contribution < 1.29 is 25.6 Å². The van der Waals surface area contributed by atoms with Gasteiger partial charge in [0.1, 0.15) is 0 Å². The van der Waals surface area contributed by atoms with E-state index in [0.29, 0.717) is 16.0 Å². The molecule has 2 aromatic rings. The molecular formula is C15H18ClF3S. The lowest BCUT2D eigenvalue weighted by Crippen LogP contribution is -3.00. The largest absolute Gasteiger partial charge is 1.00 e. The van der Waals surface area contributed by atoms with Crippen LogP contribution < -0.4 is 12.4 Å². The van der Waals surface area contributed by atoms with Gasteiger partial charge in [0, 0.05) is 23.9 Å². The van der Waals surface area contributed by atoms with Crippen molar-refractivity contribution in [1.29, 1.82) is 0 Å². The Kier molecular flexibility index (Phi) is 5.90. The molecule has 0 saturated heterocycles. The summed E-state index contributed by atoms with van der Waals surface area (Å²) >= 11 is 0. The van der Waals surface area contributed by atoms with Crippen molar-refractivity contribution in [2.45, 2.75) is 45.0 Å². The number of halogens is 4. The van der Waals surface area contributed by atoms with Gasteiger partial charge in [-0.3, -0.25) is 0 Å². The molecule has 1 aromatic carbocycles. The van der Waals surface area contributed by atoms with E-state index in [-0.39, 0.29) is 12.4 Å². The molecular weight excluding hydrogens is 305 g/mol. The van der Waals surface area contributed by atoms with E-state index >= 15 is 0 Å². The third-order valence-corrected chi connectivity index (χ3v) is 5.40. The first-order chi connectivity index (χ1) is 8.97. The molecule has 1 unspecified atom stereocenters. The Balaban J connectivity index is 0.00000200. The summed E-state index contributed by atoms with van der Waals surface area (Å²) in [5.74, 6) is 0. The van der Waals surface area contributed by atoms with Crippen molar-refractivity contribution in [2.75, 3.05) is 0 Å². The Morgan fingerprint density at radius 2 is 1.80 bits per heavy atom. The zero-order valence-corrected chi connectivity index (χ0v) is 13.1. The van der Waals surface area contributed by atoms with Gasteiger partial charge in [0.2, 0.25) is 0 Å². The summed E-state index contributed by atoms with van der Waals surface area (Å²) in [6.45, 7) is 3.97. The molecule has 1 atom stereocenters. The number of rotatable bonds is 4. The van der Waals surface area contributed by atoms with Gasteiger partial charge >= 0.3 is 5.51 Å². The maximum absolute atomic E-state index is 13.3. The predicted octanol–water partition coefficient (Wildman–Crippen LogP) is 2.97. The molecule has 5 heteroatoms. The minimum absolute atomic E-state index is 0. The van der Waals surface area contributed by atoms with E-state index in [2.05, 4.69) is 0 Å². The van der Waals surface area contributed by atoms with Gasteiger partial charge in [-0.05, 0) is 24.5 Å². The summed E-state index contributed by atoms with van der Waals surface area (Å²) in [7, 11) is -1.71. The molecule has 0 nitrogen and oxygen atoms in total. The van der Waals surface area contributed by atoms with Gasteiger partial charge in [-0.15, -0.1) is 13.2 Å². The van der Waals surface area contributed by atoms with Crippen LogP contribution in [-0.2, 0) is 18.3 Å². The standard InChI is InChI=1S/C15H18F3S.ClH/c1-3-5-6-13-10-12-8-7-11(4-2)9-14(12)19(13)15(16,17)18;/h7-10H,3-6H2,1-2H3;1H/q+1;/p-1. The summed E-state index contributed by atoms with van der Waals surface area (Å²) in [6.07, 6.45) is 3.06. The fraction of sp³-hybridized carbons (Fsp3) is 0.467. The Labute approximate surface area is 126 Å². The number of hydrogen-bond donors (Lipinski definition) is 0. The highest BCUT2D eigenvalue weighted by Crippen LogP contribution is 2.51. The molecule has 20 heavy (non-hydrogen) atoms. The maximum atomic E-state index is 13.3. The van der Waals surface area contributed by atoms with Crippen LogP contribution in [0.2, 0.25) is 0 Å². The Hall–Kier alpha value is -0.740.